The lowest BCUT2D eigenvalue weighted by molar-refractivity contribution is 0.187. The van der Waals surface area contributed by atoms with Gasteiger partial charge in [0.05, 0.1) is 5.56 Å². The smallest absolute Gasteiger partial charge is 0.101 e. The van der Waals surface area contributed by atoms with Crippen LogP contribution in [0.25, 0.3) is 0 Å². The number of piperidine rings is 1. The van der Waals surface area contributed by atoms with Crippen molar-refractivity contribution in [3.63, 3.8) is 0 Å². The van der Waals surface area contributed by atoms with E-state index in [9.17, 15) is 0 Å². The monoisotopic (exact) mass is 201 g/mol. The highest BCUT2D eigenvalue weighted by Crippen LogP contribution is 2.29. The number of hydrogen-bond donors (Lipinski definition) is 0. The predicted octanol–water partition coefficient (Wildman–Crippen LogP) is 2.11. The molecule has 15 heavy (non-hydrogen) atoms. The van der Waals surface area contributed by atoms with Gasteiger partial charge in [0, 0.05) is 18.4 Å². The van der Waals surface area contributed by atoms with Crippen LogP contribution >= 0.6 is 0 Å². The van der Waals surface area contributed by atoms with E-state index < -0.39 is 0 Å². The minimum Gasteiger partial charge on any atom is -0.299 e. The van der Waals surface area contributed by atoms with Crippen LogP contribution in [0.3, 0.4) is 0 Å². The Morgan fingerprint density at radius 2 is 2.33 bits per heavy atom. The van der Waals surface area contributed by atoms with E-state index in [2.05, 4.69) is 23.0 Å². The fraction of sp³-hybridized carbons (Fsp3) is 0.500. The quantitative estimate of drug-likeness (QED) is 0.698. The molecule has 1 unspecified atom stereocenters. The lowest BCUT2D eigenvalue weighted by Crippen LogP contribution is -2.29. The first kappa shape index (κ1) is 10.1. The standard InChI is InChI=1S/C12H15N3/c1-15-5-3-2-4-12(15)11-6-10(7-13)8-14-9-11/h6,8-9,12H,2-5H2,1H3. The number of nitriles is 1. The van der Waals surface area contributed by atoms with Crippen LogP contribution in [-0.2, 0) is 0 Å². The number of hydrogen-bond acceptors (Lipinski definition) is 3. The van der Waals surface area contributed by atoms with Gasteiger partial charge in [-0.05, 0) is 38.1 Å². The van der Waals surface area contributed by atoms with Gasteiger partial charge in [-0.15, -0.1) is 0 Å². The molecular weight excluding hydrogens is 186 g/mol. The van der Waals surface area contributed by atoms with E-state index in [1.165, 1.54) is 24.8 Å². The molecule has 1 fully saturated rings. The molecule has 1 aromatic heterocycles. The van der Waals surface area contributed by atoms with Crippen molar-refractivity contribution in [2.75, 3.05) is 13.6 Å². The fourth-order valence-electron chi connectivity index (χ4n) is 2.20. The van der Waals surface area contributed by atoms with Crippen molar-refractivity contribution in [3.05, 3.63) is 29.6 Å². The van der Waals surface area contributed by atoms with Gasteiger partial charge in [0.25, 0.3) is 0 Å². The highest BCUT2D eigenvalue weighted by Gasteiger charge is 2.20. The number of pyridine rings is 1. The van der Waals surface area contributed by atoms with Gasteiger partial charge in [-0.2, -0.15) is 5.26 Å². The fourth-order valence-corrected chi connectivity index (χ4v) is 2.20. The molecule has 1 atom stereocenters. The number of rotatable bonds is 1. The molecule has 0 radical (unpaired) electrons. The first-order valence-corrected chi connectivity index (χ1v) is 5.36. The minimum atomic E-state index is 0.444. The van der Waals surface area contributed by atoms with E-state index in [4.69, 9.17) is 5.26 Å². The summed E-state index contributed by atoms with van der Waals surface area (Å²) in [6.45, 7) is 1.14. The summed E-state index contributed by atoms with van der Waals surface area (Å²) in [5, 5.41) is 8.82. The Morgan fingerprint density at radius 3 is 3.07 bits per heavy atom. The molecule has 0 bridgehead atoms. The predicted molar refractivity (Wildman–Crippen MR) is 58.2 cm³/mol. The van der Waals surface area contributed by atoms with Crippen LogP contribution in [0.15, 0.2) is 18.5 Å². The summed E-state index contributed by atoms with van der Waals surface area (Å²) in [4.78, 5) is 6.46. The van der Waals surface area contributed by atoms with Crippen LogP contribution in [-0.4, -0.2) is 23.5 Å². The second-order valence-corrected chi connectivity index (χ2v) is 4.11. The second kappa shape index (κ2) is 4.41. The van der Waals surface area contributed by atoms with Gasteiger partial charge in [-0.3, -0.25) is 9.88 Å². The van der Waals surface area contributed by atoms with Crippen LogP contribution < -0.4 is 0 Å². The number of likely N-dealkylation sites (tertiary alicyclic amines) is 1. The van der Waals surface area contributed by atoms with E-state index in [-0.39, 0.29) is 0 Å². The summed E-state index contributed by atoms with van der Waals surface area (Å²) in [6, 6.07) is 4.54. The summed E-state index contributed by atoms with van der Waals surface area (Å²) >= 11 is 0. The normalized spacial score (nSPS) is 22.3. The summed E-state index contributed by atoms with van der Waals surface area (Å²) in [7, 11) is 2.14. The summed E-state index contributed by atoms with van der Waals surface area (Å²) < 4.78 is 0. The van der Waals surface area contributed by atoms with E-state index in [0.717, 1.165) is 6.54 Å². The van der Waals surface area contributed by atoms with Crippen molar-refractivity contribution in [1.82, 2.24) is 9.88 Å². The molecule has 0 spiro atoms. The maximum Gasteiger partial charge on any atom is 0.101 e. The number of nitrogens with zero attached hydrogens (tertiary/aromatic N) is 3. The lowest BCUT2D eigenvalue weighted by Gasteiger charge is -2.32. The third-order valence-electron chi connectivity index (χ3n) is 3.04. The van der Waals surface area contributed by atoms with Gasteiger partial charge in [0.15, 0.2) is 0 Å². The maximum atomic E-state index is 8.82. The van der Waals surface area contributed by atoms with Crippen LogP contribution in [0.5, 0.6) is 0 Å². The summed E-state index contributed by atoms with van der Waals surface area (Å²) in [5.41, 5.74) is 1.84. The molecule has 1 saturated heterocycles. The Hall–Kier alpha value is -1.40. The van der Waals surface area contributed by atoms with Crippen LogP contribution in [0.4, 0.5) is 0 Å². The van der Waals surface area contributed by atoms with E-state index in [0.29, 0.717) is 11.6 Å². The Bertz CT molecular complexity index is 381. The molecule has 0 amide bonds. The minimum absolute atomic E-state index is 0.444. The van der Waals surface area contributed by atoms with Gasteiger partial charge in [-0.25, -0.2) is 0 Å². The van der Waals surface area contributed by atoms with Gasteiger partial charge < -0.3 is 0 Å². The molecule has 0 N–H and O–H groups in total. The lowest BCUT2D eigenvalue weighted by atomic mass is 9.96. The first-order chi connectivity index (χ1) is 7.31. The molecule has 0 aliphatic carbocycles. The SMILES string of the molecule is CN1CCCCC1c1cncc(C#N)c1. The molecule has 3 heteroatoms. The average Bonchev–Trinajstić information content (AvgIpc) is 2.30. The number of aromatic nitrogens is 1. The van der Waals surface area contributed by atoms with Crippen molar-refractivity contribution >= 4 is 0 Å². The Kier molecular flexibility index (Phi) is 2.98. The largest absolute Gasteiger partial charge is 0.299 e. The second-order valence-electron chi connectivity index (χ2n) is 4.11. The molecule has 2 heterocycles. The molecule has 78 valence electrons. The molecule has 1 aliphatic rings. The highest BCUT2D eigenvalue weighted by molar-refractivity contribution is 5.30. The van der Waals surface area contributed by atoms with Crippen LogP contribution in [0.2, 0.25) is 0 Å². The third-order valence-corrected chi connectivity index (χ3v) is 3.04. The Morgan fingerprint density at radius 1 is 1.47 bits per heavy atom. The summed E-state index contributed by atoms with van der Waals surface area (Å²) in [5.74, 6) is 0. The summed E-state index contributed by atoms with van der Waals surface area (Å²) in [6.07, 6.45) is 7.22. The van der Waals surface area contributed by atoms with E-state index in [1.54, 1.807) is 6.20 Å². The molecule has 3 nitrogen and oxygen atoms in total. The highest BCUT2D eigenvalue weighted by atomic mass is 15.1. The zero-order chi connectivity index (χ0) is 10.7. The van der Waals surface area contributed by atoms with Gasteiger partial charge in [0.2, 0.25) is 0 Å². The van der Waals surface area contributed by atoms with Crippen molar-refractivity contribution in [2.45, 2.75) is 25.3 Å². The maximum absolute atomic E-state index is 8.82. The van der Waals surface area contributed by atoms with E-state index >= 15 is 0 Å². The first-order valence-electron chi connectivity index (χ1n) is 5.36. The molecule has 0 aromatic carbocycles. The van der Waals surface area contributed by atoms with Crippen LogP contribution in [0, 0.1) is 11.3 Å². The molecule has 1 aliphatic heterocycles. The zero-order valence-corrected chi connectivity index (χ0v) is 8.98. The van der Waals surface area contributed by atoms with Crippen molar-refractivity contribution in [2.24, 2.45) is 0 Å². The Balaban J connectivity index is 2.24. The topological polar surface area (TPSA) is 39.9 Å². The van der Waals surface area contributed by atoms with Gasteiger partial charge >= 0.3 is 0 Å². The van der Waals surface area contributed by atoms with Gasteiger partial charge in [0.1, 0.15) is 6.07 Å². The molecular formula is C12H15N3. The Labute approximate surface area is 90.4 Å². The van der Waals surface area contributed by atoms with Gasteiger partial charge in [-0.1, -0.05) is 6.42 Å². The third kappa shape index (κ3) is 2.16. The van der Waals surface area contributed by atoms with E-state index in [1.807, 2.05) is 12.3 Å². The molecule has 0 saturated carbocycles. The van der Waals surface area contributed by atoms with Crippen LogP contribution in [0.1, 0.15) is 36.4 Å². The average molecular weight is 201 g/mol. The molecule has 1 aromatic rings. The molecule has 2 rings (SSSR count). The van der Waals surface area contributed by atoms with Crippen molar-refractivity contribution in [3.8, 4) is 6.07 Å². The zero-order valence-electron chi connectivity index (χ0n) is 8.98. The van der Waals surface area contributed by atoms with Crippen molar-refractivity contribution in [1.29, 1.82) is 5.26 Å². The van der Waals surface area contributed by atoms with Crippen molar-refractivity contribution < 1.29 is 0 Å².